The van der Waals surface area contributed by atoms with Crippen LogP contribution in [-0.2, 0) is 0 Å². The molecule has 1 heterocycles. The van der Waals surface area contributed by atoms with Gasteiger partial charge in [0.1, 0.15) is 11.6 Å². The Kier molecular flexibility index (Phi) is 5.17. The van der Waals surface area contributed by atoms with Crippen molar-refractivity contribution in [3.63, 3.8) is 0 Å². The molecule has 2 fully saturated rings. The average Bonchev–Trinajstić information content (AvgIpc) is 2.69. The molecule has 6 nitrogen and oxygen atoms in total. The zero-order valence-electron chi connectivity index (χ0n) is 15.6. The summed E-state index contributed by atoms with van der Waals surface area (Å²) in [7, 11) is 0. The summed E-state index contributed by atoms with van der Waals surface area (Å²) in [5, 5.41) is 10.8. The van der Waals surface area contributed by atoms with Crippen LogP contribution in [0.1, 0.15) is 37.2 Å². The lowest BCUT2D eigenvalue weighted by Gasteiger charge is -2.52. The van der Waals surface area contributed by atoms with Gasteiger partial charge in [-0.25, -0.2) is 9.18 Å². The van der Waals surface area contributed by atoms with E-state index in [0.29, 0.717) is 18.7 Å². The Hall–Kier alpha value is -2.67. The van der Waals surface area contributed by atoms with Gasteiger partial charge in [0, 0.05) is 25.2 Å². The molecule has 1 spiro atoms. The van der Waals surface area contributed by atoms with E-state index in [1.54, 1.807) is 23.1 Å². The Morgan fingerprint density at radius 1 is 1.17 bits per heavy atom. The number of nitrogens with zero attached hydrogens (tertiary/aromatic N) is 2. The summed E-state index contributed by atoms with van der Waals surface area (Å²) in [6.07, 6.45) is 3.04. The molecule has 1 aliphatic heterocycles. The number of hydrogen-bond donors (Lipinski definition) is 0. The van der Waals surface area contributed by atoms with Gasteiger partial charge in [-0.05, 0) is 60.8 Å². The van der Waals surface area contributed by atoms with Gasteiger partial charge in [0.25, 0.3) is 5.69 Å². The van der Waals surface area contributed by atoms with Crippen LogP contribution >= 0.6 is 11.6 Å². The number of carbonyl (C=O) groups excluding carboxylic acids is 1. The first-order valence-corrected chi connectivity index (χ1v) is 9.90. The second-order valence-corrected chi connectivity index (χ2v) is 8.26. The highest BCUT2D eigenvalue weighted by Crippen LogP contribution is 2.57. The van der Waals surface area contributed by atoms with Crippen molar-refractivity contribution in [2.45, 2.75) is 31.6 Å². The van der Waals surface area contributed by atoms with Crippen molar-refractivity contribution in [2.75, 3.05) is 13.1 Å². The number of piperidine rings is 1. The molecule has 4 rings (SSSR count). The Labute approximate surface area is 172 Å². The third-order valence-electron chi connectivity index (χ3n) is 6.12. The van der Waals surface area contributed by atoms with Gasteiger partial charge < -0.3 is 9.64 Å². The topological polar surface area (TPSA) is 72.7 Å². The molecule has 152 valence electrons. The number of rotatable bonds is 3. The van der Waals surface area contributed by atoms with E-state index in [1.807, 2.05) is 0 Å². The van der Waals surface area contributed by atoms with Crippen molar-refractivity contribution in [3.8, 4) is 5.75 Å². The first-order valence-electron chi connectivity index (χ1n) is 9.52. The Morgan fingerprint density at radius 2 is 1.83 bits per heavy atom. The molecule has 0 aromatic heterocycles. The third-order valence-corrected chi connectivity index (χ3v) is 6.41. The van der Waals surface area contributed by atoms with Crippen LogP contribution in [0.4, 0.5) is 14.9 Å². The fourth-order valence-corrected chi connectivity index (χ4v) is 4.60. The van der Waals surface area contributed by atoms with Gasteiger partial charge in [0.15, 0.2) is 0 Å². The van der Waals surface area contributed by atoms with Crippen molar-refractivity contribution < 1.29 is 18.8 Å². The van der Waals surface area contributed by atoms with E-state index in [0.717, 1.165) is 25.7 Å². The van der Waals surface area contributed by atoms with Gasteiger partial charge in [0.05, 0.1) is 9.95 Å². The smallest absolute Gasteiger partial charge is 0.410 e. The number of nitro groups is 1. The van der Waals surface area contributed by atoms with Gasteiger partial charge in [-0.15, -0.1) is 0 Å². The predicted molar refractivity (Wildman–Crippen MR) is 106 cm³/mol. The molecule has 0 atom stereocenters. The molecule has 1 saturated heterocycles. The van der Waals surface area contributed by atoms with Crippen LogP contribution in [0, 0.1) is 21.3 Å². The normalized spacial score (nSPS) is 18.3. The number of ether oxygens (including phenoxy) is 1. The first kappa shape index (κ1) is 19.6. The van der Waals surface area contributed by atoms with Gasteiger partial charge in [-0.1, -0.05) is 23.7 Å². The van der Waals surface area contributed by atoms with E-state index in [2.05, 4.69) is 0 Å². The lowest BCUT2D eigenvalue weighted by Crippen LogP contribution is -2.48. The summed E-state index contributed by atoms with van der Waals surface area (Å²) in [6, 6.07) is 10.6. The number of non-ortho nitro benzene ring substituents is 1. The summed E-state index contributed by atoms with van der Waals surface area (Å²) in [5.41, 5.74) is 0.771. The monoisotopic (exact) mass is 418 g/mol. The number of benzene rings is 2. The maximum Gasteiger partial charge on any atom is 0.415 e. The molecule has 1 saturated carbocycles. The highest BCUT2D eigenvalue weighted by atomic mass is 35.5. The van der Waals surface area contributed by atoms with Crippen molar-refractivity contribution in [2.24, 2.45) is 5.41 Å². The van der Waals surface area contributed by atoms with Crippen molar-refractivity contribution in [3.05, 3.63) is 69.0 Å². The Balaban J connectivity index is 1.30. The van der Waals surface area contributed by atoms with Crippen LogP contribution in [0.15, 0.2) is 42.5 Å². The van der Waals surface area contributed by atoms with E-state index in [-0.39, 0.29) is 33.6 Å². The van der Waals surface area contributed by atoms with E-state index in [4.69, 9.17) is 16.3 Å². The summed E-state index contributed by atoms with van der Waals surface area (Å²) >= 11 is 5.89. The van der Waals surface area contributed by atoms with Crippen molar-refractivity contribution in [1.29, 1.82) is 0 Å². The van der Waals surface area contributed by atoms with Crippen LogP contribution in [0.3, 0.4) is 0 Å². The molecular formula is C21H20ClFN2O4. The fourth-order valence-electron chi connectivity index (χ4n) is 4.41. The summed E-state index contributed by atoms with van der Waals surface area (Å²) in [4.78, 5) is 24.2. The largest absolute Gasteiger partial charge is 0.415 e. The number of amides is 1. The van der Waals surface area contributed by atoms with Crippen LogP contribution < -0.4 is 4.74 Å². The SMILES string of the molecule is O=C(Oc1ccc([N+](=O)[O-])cc1)N1CCC2(CC1)CC(c1cccc(Cl)c1F)C2. The molecule has 29 heavy (non-hydrogen) atoms. The van der Waals surface area contributed by atoms with E-state index in [9.17, 15) is 19.3 Å². The molecule has 1 aliphatic carbocycles. The lowest BCUT2D eigenvalue weighted by molar-refractivity contribution is -0.384. The van der Waals surface area contributed by atoms with E-state index < -0.39 is 11.0 Å². The van der Waals surface area contributed by atoms with Gasteiger partial charge in [0.2, 0.25) is 0 Å². The zero-order valence-corrected chi connectivity index (χ0v) is 16.4. The molecular weight excluding hydrogens is 399 g/mol. The molecule has 1 amide bonds. The minimum Gasteiger partial charge on any atom is -0.410 e. The fraction of sp³-hybridized carbons (Fsp3) is 0.381. The van der Waals surface area contributed by atoms with Crippen LogP contribution in [0.5, 0.6) is 5.75 Å². The molecule has 8 heteroatoms. The van der Waals surface area contributed by atoms with Crippen molar-refractivity contribution in [1.82, 2.24) is 4.90 Å². The lowest BCUT2D eigenvalue weighted by atomic mass is 9.56. The maximum absolute atomic E-state index is 14.2. The van der Waals surface area contributed by atoms with Crippen LogP contribution in [-0.4, -0.2) is 29.0 Å². The van der Waals surface area contributed by atoms with Gasteiger partial charge >= 0.3 is 6.09 Å². The van der Waals surface area contributed by atoms with Gasteiger partial charge in [-0.3, -0.25) is 10.1 Å². The number of likely N-dealkylation sites (tertiary alicyclic amines) is 1. The highest BCUT2D eigenvalue weighted by molar-refractivity contribution is 6.30. The molecule has 0 radical (unpaired) electrons. The molecule has 2 aliphatic rings. The number of halogens is 2. The molecule has 0 N–H and O–H groups in total. The van der Waals surface area contributed by atoms with Crippen LogP contribution in [0.25, 0.3) is 0 Å². The highest BCUT2D eigenvalue weighted by Gasteiger charge is 2.47. The minimum absolute atomic E-state index is 0.0552. The van der Waals surface area contributed by atoms with Crippen LogP contribution in [0.2, 0.25) is 5.02 Å². The summed E-state index contributed by atoms with van der Waals surface area (Å²) in [6.45, 7) is 1.16. The molecule has 0 unspecified atom stereocenters. The molecule has 0 bridgehead atoms. The van der Waals surface area contributed by atoms with E-state index >= 15 is 0 Å². The summed E-state index contributed by atoms with van der Waals surface area (Å²) in [5.74, 6) is 0.131. The first-order chi connectivity index (χ1) is 13.9. The van der Waals surface area contributed by atoms with E-state index in [1.165, 1.54) is 24.3 Å². The number of hydrogen-bond acceptors (Lipinski definition) is 4. The average molecular weight is 419 g/mol. The molecule has 2 aromatic rings. The van der Waals surface area contributed by atoms with Gasteiger partial charge in [-0.2, -0.15) is 0 Å². The zero-order chi connectivity index (χ0) is 20.6. The minimum atomic E-state index is -0.503. The van der Waals surface area contributed by atoms with Crippen molar-refractivity contribution >= 4 is 23.4 Å². The number of nitro benzene ring substituents is 1. The number of carbonyl (C=O) groups is 1. The standard InChI is InChI=1S/C21H20ClFN2O4/c22-18-3-1-2-17(19(18)23)14-12-21(13-14)8-10-24(11-9-21)20(26)29-16-6-4-15(5-7-16)25(27)28/h1-7,14H,8-13H2. The Bertz CT molecular complexity index is 934. The maximum atomic E-state index is 14.2. The second-order valence-electron chi connectivity index (χ2n) is 7.85. The predicted octanol–water partition coefficient (Wildman–Crippen LogP) is 5.55. The quantitative estimate of drug-likeness (QED) is 0.484. The Morgan fingerprint density at radius 3 is 2.45 bits per heavy atom. The third kappa shape index (κ3) is 3.92. The summed E-state index contributed by atoms with van der Waals surface area (Å²) < 4.78 is 19.6. The second kappa shape index (κ2) is 7.63. The molecule has 2 aromatic carbocycles.